The summed E-state index contributed by atoms with van der Waals surface area (Å²) in [6.45, 7) is 6.98. The van der Waals surface area contributed by atoms with Gasteiger partial charge in [0.05, 0.1) is 5.75 Å². The van der Waals surface area contributed by atoms with Crippen molar-refractivity contribution >= 4 is 15.9 Å². The van der Waals surface area contributed by atoms with Gasteiger partial charge in [-0.3, -0.25) is 4.79 Å². The van der Waals surface area contributed by atoms with Gasteiger partial charge in [0.15, 0.2) is 6.61 Å². The van der Waals surface area contributed by atoms with E-state index in [-0.39, 0.29) is 24.3 Å². The number of nitrogens with one attached hydrogen (secondary N) is 1. The first-order valence-corrected chi connectivity index (χ1v) is 10.9. The van der Waals surface area contributed by atoms with Crippen molar-refractivity contribution in [2.45, 2.75) is 52.0 Å². The van der Waals surface area contributed by atoms with Crippen molar-refractivity contribution in [3.63, 3.8) is 0 Å². The molecule has 2 rings (SSSR count). The van der Waals surface area contributed by atoms with Crippen molar-refractivity contribution in [2.24, 2.45) is 0 Å². The number of rotatable bonds is 8. The standard InChI is InChI=1S/C19H30N2O4S/c1-4-12-26(23,24)21-10-8-17(9-11-21)20-19(22)14-25-18-7-5-6-16(13-18)15(2)3/h5-7,13,15,17H,4,8-12,14H2,1-3H3,(H,20,22). The fraction of sp³-hybridized carbons (Fsp3) is 0.632. The predicted octanol–water partition coefficient (Wildman–Crippen LogP) is 2.51. The van der Waals surface area contributed by atoms with Gasteiger partial charge in [-0.15, -0.1) is 0 Å². The minimum atomic E-state index is -3.15. The molecular weight excluding hydrogens is 352 g/mol. The molecule has 0 bridgehead atoms. The third-order valence-corrected chi connectivity index (χ3v) is 6.65. The summed E-state index contributed by atoms with van der Waals surface area (Å²) in [6.07, 6.45) is 1.89. The van der Waals surface area contributed by atoms with E-state index < -0.39 is 10.0 Å². The SMILES string of the molecule is CCCS(=O)(=O)N1CCC(NC(=O)COc2cccc(C(C)C)c2)CC1. The Bertz CT molecular complexity index is 695. The molecular formula is C19H30N2O4S. The van der Waals surface area contributed by atoms with E-state index in [9.17, 15) is 13.2 Å². The maximum absolute atomic E-state index is 12.1. The summed E-state index contributed by atoms with van der Waals surface area (Å²) in [5.41, 5.74) is 1.17. The Morgan fingerprint density at radius 3 is 2.62 bits per heavy atom. The van der Waals surface area contributed by atoms with Gasteiger partial charge in [-0.25, -0.2) is 12.7 Å². The van der Waals surface area contributed by atoms with Crippen LogP contribution in [0.3, 0.4) is 0 Å². The molecule has 0 radical (unpaired) electrons. The van der Waals surface area contributed by atoms with Crippen LogP contribution in [0, 0.1) is 0 Å². The third-order valence-electron chi connectivity index (χ3n) is 4.57. The number of piperidine rings is 1. The molecule has 1 aromatic rings. The van der Waals surface area contributed by atoms with Gasteiger partial charge in [0, 0.05) is 19.1 Å². The van der Waals surface area contributed by atoms with Crippen LogP contribution in [0.2, 0.25) is 0 Å². The molecule has 1 aromatic carbocycles. The van der Waals surface area contributed by atoms with Gasteiger partial charge in [-0.05, 0) is 42.9 Å². The summed E-state index contributed by atoms with van der Waals surface area (Å²) in [5.74, 6) is 1.11. The van der Waals surface area contributed by atoms with Gasteiger partial charge in [0.2, 0.25) is 10.0 Å². The van der Waals surface area contributed by atoms with Gasteiger partial charge < -0.3 is 10.1 Å². The predicted molar refractivity (Wildman–Crippen MR) is 103 cm³/mol. The molecule has 1 aliphatic rings. The zero-order valence-electron chi connectivity index (χ0n) is 15.9. The number of carbonyl (C=O) groups is 1. The minimum absolute atomic E-state index is 0.00109. The molecule has 0 spiro atoms. The number of hydrogen-bond acceptors (Lipinski definition) is 4. The van der Waals surface area contributed by atoms with Crippen LogP contribution in [0.25, 0.3) is 0 Å². The summed E-state index contributed by atoms with van der Waals surface area (Å²) < 4.78 is 31.3. The van der Waals surface area contributed by atoms with Gasteiger partial charge in [-0.2, -0.15) is 0 Å². The lowest BCUT2D eigenvalue weighted by molar-refractivity contribution is -0.124. The lowest BCUT2D eigenvalue weighted by Gasteiger charge is -2.31. The van der Waals surface area contributed by atoms with Crippen molar-refractivity contribution < 1.29 is 17.9 Å². The highest BCUT2D eigenvalue weighted by Gasteiger charge is 2.27. The fourth-order valence-corrected chi connectivity index (χ4v) is 4.59. The molecule has 0 atom stereocenters. The fourth-order valence-electron chi connectivity index (χ4n) is 3.05. The first kappa shape index (κ1) is 20.7. The molecule has 1 fully saturated rings. The maximum Gasteiger partial charge on any atom is 0.258 e. The monoisotopic (exact) mass is 382 g/mol. The quantitative estimate of drug-likeness (QED) is 0.750. The van der Waals surface area contributed by atoms with Crippen molar-refractivity contribution in [3.05, 3.63) is 29.8 Å². The molecule has 1 heterocycles. The summed E-state index contributed by atoms with van der Waals surface area (Å²) in [7, 11) is -3.15. The van der Waals surface area contributed by atoms with E-state index in [0.717, 1.165) is 0 Å². The number of benzene rings is 1. The summed E-state index contributed by atoms with van der Waals surface area (Å²) >= 11 is 0. The largest absolute Gasteiger partial charge is 0.484 e. The first-order valence-electron chi connectivity index (χ1n) is 9.31. The first-order chi connectivity index (χ1) is 12.3. The van der Waals surface area contributed by atoms with Gasteiger partial charge >= 0.3 is 0 Å². The Labute approximate surface area is 157 Å². The van der Waals surface area contributed by atoms with E-state index in [1.165, 1.54) is 9.87 Å². The maximum atomic E-state index is 12.1. The highest BCUT2D eigenvalue weighted by Crippen LogP contribution is 2.20. The second kappa shape index (κ2) is 9.37. The van der Waals surface area contributed by atoms with E-state index in [1.54, 1.807) is 0 Å². The van der Waals surface area contributed by atoms with Crippen molar-refractivity contribution in [1.82, 2.24) is 9.62 Å². The summed E-state index contributed by atoms with van der Waals surface area (Å²) in [6, 6.07) is 7.76. The minimum Gasteiger partial charge on any atom is -0.484 e. The number of amides is 1. The van der Waals surface area contributed by atoms with E-state index >= 15 is 0 Å². The molecule has 0 unspecified atom stereocenters. The Morgan fingerprint density at radius 2 is 2.00 bits per heavy atom. The zero-order valence-corrected chi connectivity index (χ0v) is 16.7. The van der Waals surface area contributed by atoms with E-state index in [0.29, 0.717) is 44.0 Å². The number of carbonyl (C=O) groups excluding carboxylic acids is 1. The van der Waals surface area contributed by atoms with E-state index in [1.807, 2.05) is 31.2 Å². The van der Waals surface area contributed by atoms with Crippen LogP contribution < -0.4 is 10.1 Å². The molecule has 1 N–H and O–H groups in total. The van der Waals surface area contributed by atoms with Crippen molar-refractivity contribution in [2.75, 3.05) is 25.4 Å². The highest BCUT2D eigenvalue weighted by molar-refractivity contribution is 7.89. The number of sulfonamides is 1. The Morgan fingerprint density at radius 1 is 1.31 bits per heavy atom. The molecule has 0 aromatic heterocycles. The van der Waals surface area contributed by atoms with Gasteiger partial charge in [-0.1, -0.05) is 32.9 Å². The molecule has 0 aliphatic carbocycles. The topological polar surface area (TPSA) is 75.7 Å². The second-order valence-corrected chi connectivity index (χ2v) is 9.16. The number of hydrogen-bond donors (Lipinski definition) is 1. The van der Waals surface area contributed by atoms with Crippen LogP contribution >= 0.6 is 0 Å². The van der Waals surface area contributed by atoms with E-state index in [4.69, 9.17) is 4.74 Å². The molecule has 1 saturated heterocycles. The Hall–Kier alpha value is -1.60. The average Bonchev–Trinajstić information content (AvgIpc) is 2.60. The van der Waals surface area contributed by atoms with E-state index in [2.05, 4.69) is 19.2 Å². The summed E-state index contributed by atoms with van der Waals surface area (Å²) in [5, 5.41) is 2.95. The molecule has 7 heteroatoms. The molecule has 0 saturated carbocycles. The molecule has 1 aliphatic heterocycles. The lowest BCUT2D eigenvalue weighted by Crippen LogP contribution is -2.47. The molecule has 1 amide bonds. The highest BCUT2D eigenvalue weighted by atomic mass is 32.2. The van der Waals surface area contributed by atoms with Crippen LogP contribution in [0.4, 0.5) is 0 Å². The average molecular weight is 383 g/mol. The van der Waals surface area contributed by atoms with Crippen molar-refractivity contribution in [3.8, 4) is 5.75 Å². The number of ether oxygens (including phenoxy) is 1. The van der Waals surface area contributed by atoms with Crippen LogP contribution in [0.15, 0.2) is 24.3 Å². The van der Waals surface area contributed by atoms with Gasteiger partial charge in [0.25, 0.3) is 5.91 Å². The normalized spacial score (nSPS) is 16.6. The molecule has 26 heavy (non-hydrogen) atoms. The second-order valence-electron chi connectivity index (χ2n) is 7.07. The molecule has 146 valence electrons. The van der Waals surface area contributed by atoms with Crippen LogP contribution in [-0.2, 0) is 14.8 Å². The van der Waals surface area contributed by atoms with Crippen LogP contribution in [-0.4, -0.2) is 50.1 Å². The molecule has 6 nitrogen and oxygen atoms in total. The third kappa shape index (κ3) is 5.99. The summed E-state index contributed by atoms with van der Waals surface area (Å²) in [4.78, 5) is 12.1. The Balaban J connectivity index is 1.76. The lowest BCUT2D eigenvalue weighted by atomic mass is 10.0. The Kier molecular flexibility index (Phi) is 7.46. The smallest absolute Gasteiger partial charge is 0.258 e. The van der Waals surface area contributed by atoms with Crippen LogP contribution in [0.1, 0.15) is 51.5 Å². The zero-order chi connectivity index (χ0) is 19.2. The van der Waals surface area contributed by atoms with Crippen LogP contribution in [0.5, 0.6) is 5.75 Å². The van der Waals surface area contributed by atoms with Crippen molar-refractivity contribution in [1.29, 1.82) is 0 Å². The number of nitrogens with zero attached hydrogens (tertiary/aromatic N) is 1. The van der Waals surface area contributed by atoms with Gasteiger partial charge in [0.1, 0.15) is 5.75 Å².